The molecule has 2 rings (SSSR count). The summed E-state index contributed by atoms with van der Waals surface area (Å²) in [4.78, 5) is 24.5. The minimum atomic E-state index is -1.08. The average molecular weight is 267 g/mol. The molecule has 1 fully saturated rings. The number of carbonyl (C=O) groups is 2. The van der Waals surface area contributed by atoms with E-state index in [0.29, 0.717) is 19.4 Å². The van der Waals surface area contributed by atoms with Crippen molar-refractivity contribution in [1.29, 1.82) is 0 Å². The first kappa shape index (κ1) is 13.3. The summed E-state index contributed by atoms with van der Waals surface area (Å²) in [6, 6.07) is 2.13. The highest BCUT2D eigenvalue weighted by molar-refractivity contribution is 5.99. The molecule has 0 aromatic heterocycles. The lowest BCUT2D eigenvalue weighted by molar-refractivity contribution is -0.143. The fraction of sp³-hybridized carbons (Fsp3) is 0.385. The number of carbonyl (C=O) groups excluding carboxylic acids is 1. The number of hydrogen-bond acceptors (Lipinski definition) is 3. The zero-order chi connectivity index (χ0) is 14.0. The summed E-state index contributed by atoms with van der Waals surface area (Å²) >= 11 is 0. The smallest absolute Gasteiger partial charge is 0.326 e. The SMILES string of the molecule is O=C(O)C1CCCCN1C(=O)c1cc(F)ccc1O. The molecule has 1 unspecified atom stereocenters. The van der Waals surface area contributed by atoms with E-state index in [1.807, 2.05) is 0 Å². The number of rotatable bonds is 2. The van der Waals surface area contributed by atoms with Crippen molar-refractivity contribution < 1.29 is 24.2 Å². The molecule has 1 aromatic rings. The van der Waals surface area contributed by atoms with Gasteiger partial charge in [0.25, 0.3) is 5.91 Å². The predicted octanol–water partition coefficient (Wildman–Crippen LogP) is 1.61. The summed E-state index contributed by atoms with van der Waals surface area (Å²) in [7, 11) is 0. The van der Waals surface area contributed by atoms with E-state index >= 15 is 0 Å². The van der Waals surface area contributed by atoms with Crippen LogP contribution in [-0.2, 0) is 4.79 Å². The Morgan fingerprint density at radius 2 is 2.05 bits per heavy atom. The normalized spacial score (nSPS) is 19.2. The first-order chi connectivity index (χ1) is 9.00. The third-order valence-electron chi connectivity index (χ3n) is 3.24. The van der Waals surface area contributed by atoms with Crippen LogP contribution in [0.4, 0.5) is 4.39 Å². The quantitative estimate of drug-likeness (QED) is 0.853. The van der Waals surface area contributed by atoms with Crippen LogP contribution in [0.1, 0.15) is 29.6 Å². The predicted molar refractivity (Wildman–Crippen MR) is 64.4 cm³/mol. The maximum atomic E-state index is 13.1. The summed E-state index contributed by atoms with van der Waals surface area (Å²) in [5.74, 6) is -2.72. The first-order valence-electron chi connectivity index (χ1n) is 6.03. The third-order valence-corrected chi connectivity index (χ3v) is 3.24. The van der Waals surface area contributed by atoms with Gasteiger partial charge in [-0.15, -0.1) is 0 Å². The number of hydrogen-bond donors (Lipinski definition) is 2. The molecule has 0 saturated carbocycles. The molecule has 1 atom stereocenters. The second-order valence-electron chi connectivity index (χ2n) is 4.51. The minimum absolute atomic E-state index is 0.201. The molecule has 1 amide bonds. The maximum absolute atomic E-state index is 13.1. The van der Waals surface area contributed by atoms with Crippen molar-refractivity contribution in [3.05, 3.63) is 29.6 Å². The second-order valence-corrected chi connectivity index (χ2v) is 4.51. The van der Waals surface area contributed by atoms with Gasteiger partial charge < -0.3 is 15.1 Å². The number of halogens is 1. The van der Waals surface area contributed by atoms with Crippen LogP contribution in [0.15, 0.2) is 18.2 Å². The molecule has 0 radical (unpaired) electrons. The van der Waals surface area contributed by atoms with E-state index in [2.05, 4.69) is 0 Å². The Balaban J connectivity index is 2.31. The number of likely N-dealkylation sites (tertiary alicyclic amines) is 1. The van der Waals surface area contributed by atoms with Gasteiger partial charge in [-0.2, -0.15) is 0 Å². The van der Waals surface area contributed by atoms with Crippen LogP contribution in [0.2, 0.25) is 0 Å². The summed E-state index contributed by atoms with van der Waals surface area (Å²) in [5.41, 5.74) is -0.201. The first-order valence-corrected chi connectivity index (χ1v) is 6.03. The van der Waals surface area contributed by atoms with Crippen LogP contribution in [-0.4, -0.2) is 39.6 Å². The fourth-order valence-electron chi connectivity index (χ4n) is 2.27. The Labute approximate surface area is 109 Å². The van der Waals surface area contributed by atoms with Gasteiger partial charge in [0.1, 0.15) is 17.6 Å². The molecular formula is C13H14FNO4. The van der Waals surface area contributed by atoms with Gasteiger partial charge in [0.2, 0.25) is 0 Å². The van der Waals surface area contributed by atoms with Gasteiger partial charge in [-0.25, -0.2) is 9.18 Å². The van der Waals surface area contributed by atoms with E-state index in [4.69, 9.17) is 5.11 Å². The number of phenolic OH excluding ortho intramolecular Hbond substituents is 1. The van der Waals surface area contributed by atoms with Crippen molar-refractivity contribution in [2.24, 2.45) is 0 Å². The number of benzene rings is 1. The van der Waals surface area contributed by atoms with E-state index in [0.717, 1.165) is 24.6 Å². The van der Waals surface area contributed by atoms with E-state index < -0.39 is 23.7 Å². The van der Waals surface area contributed by atoms with Crippen molar-refractivity contribution in [2.45, 2.75) is 25.3 Å². The molecule has 6 heteroatoms. The van der Waals surface area contributed by atoms with Gasteiger partial charge in [0, 0.05) is 6.54 Å². The van der Waals surface area contributed by atoms with Gasteiger partial charge in [0.15, 0.2) is 0 Å². The molecule has 0 spiro atoms. The highest BCUT2D eigenvalue weighted by atomic mass is 19.1. The third kappa shape index (κ3) is 2.67. The molecule has 1 saturated heterocycles. The molecule has 0 bridgehead atoms. The molecular weight excluding hydrogens is 253 g/mol. The van der Waals surface area contributed by atoms with Crippen molar-refractivity contribution in [3.63, 3.8) is 0 Å². The van der Waals surface area contributed by atoms with E-state index in [9.17, 15) is 19.1 Å². The fourth-order valence-corrected chi connectivity index (χ4v) is 2.27. The number of carboxylic acid groups (broad SMARTS) is 1. The molecule has 2 N–H and O–H groups in total. The van der Waals surface area contributed by atoms with E-state index in [-0.39, 0.29) is 11.3 Å². The standard InChI is InChI=1S/C13H14FNO4/c14-8-4-5-11(16)9(7-8)12(17)15-6-2-1-3-10(15)13(18)19/h4-5,7,10,16H,1-3,6H2,(H,18,19). The molecule has 1 heterocycles. The van der Waals surface area contributed by atoms with Gasteiger partial charge in [-0.3, -0.25) is 4.79 Å². The summed E-state index contributed by atoms with van der Waals surface area (Å²) in [5, 5.41) is 18.7. The lowest BCUT2D eigenvalue weighted by atomic mass is 10.0. The number of aromatic hydroxyl groups is 1. The van der Waals surface area contributed by atoms with Gasteiger partial charge in [-0.1, -0.05) is 0 Å². The largest absolute Gasteiger partial charge is 0.507 e. The summed E-state index contributed by atoms with van der Waals surface area (Å²) in [6.07, 6.45) is 1.80. The highest BCUT2D eigenvalue weighted by Crippen LogP contribution is 2.24. The Kier molecular flexibility index (Phi) is 3.69. The van der Waals surface area contributed by atoms with Crippen molar-refractivity contribution in [3.8, 4) is 5.75 Å². The molecule has 1 aromatic carbocycles. The lowest BCUT2D eigenvalue weighted by Gasteiger charge is -2.33. The zero-order valence-electron chi connectivity index (χ0n) is 10.2. The van der Waals surface area contributed by atoms with Crippen LogP contribution in [0.25, 0.3) is 0 Å². The molecule has 5 nitrogen and oxygen atoms in total. The topological polar surface area (TPSA) is 77.8 Å². The number of aliphatic carboxylic acids is 1. The molecule has 19 heavy (non-hydrogen) atoms. The summed E-state index contributed by atoms with van der Waals surface area (Å²) in [6.45, 7) is 0.297. The molecule has 102 valence electrons. The Bertz CT molecular complexity index is 517. The van der Waals surface area contributed by atoms with Crippen molar-refractivity contribution >= 4 is 11.9 Å². The summed E-state index contributed by atoms with van der Waals surface area (Å²) < 4.78 is 13.1. The zero-order valence-corrected chi connectivity index (χ0v) is 10.2. The number of carboxylic acids is 1. The lowest BCUT2D eigenvalue weighted by Crippen LogP contribution is -2.48. The number of nitrogens with zero attached hydrogens (tertiary/aromatic N) is 1. The second kappa shape index (κ2) is 5.26. The van der Waals surface area contributed by atoms with Crippen LogP contribution >= 0.6 is 0 Å². The van der Waals surface area contributed by atoms with Crippen LogP contribution in [0, 0.1) is 5.82 Å². The molecule has 1 aliphatic heterocycles. The van der Waals surface area contributed by atoms with Crippen LogP contribution < -0.4 is 0 Å². The number of phenols is 1. The van der Waals surface area contributed by atoms with Gasteiger partial charge >= 0.3 is 5.97 Å². The Morgan fingerprint density at radius 3 is 2.74 bits per heavy atom. The van der Waals surface area contributed by atoms with E-state index in [1.165, 1.54) is 4.90 Å². The average Bonchev–Trinajstić information content (AvgIpc) is 2.40. The number of amides is 1. The number of piperidine rings is 1. The Hall–Kier alpha value is -2.11. The van der Waals surface area contributed by atoms with E-state index in [1.54, 1.807) is 0 Å². The maximum Gasteiger partial charge on any atom is 0.326 e. The highest BCUT2D eigenvalue weighted by Gasteiger charge is 2.33. The molecule has 0 aliphatic carbocycles. The van der Waals surface area contributed by atoms with Crippen LogP contribution in [0.3, 0.4) is 0 Å². The van der Waals surface area contributed by atoms with Gasteiger partial charge in [0.05, 0.1) is 5.56 Å². The molecule has 1 aliphatic rings. The minimum Gasteiger partial charge on any atom is -0.507 e. The van der Waals surface area contributed by atoms with Crippen molar-refractivity contribution in [2.75, 3.05) is 6.54 Å². The van der Waals surface area contributed by atoms with Gasteiger partial charge in [-0.05, 0) is 37.5 Å². The van der Waals surface area contributed by atoms with Crippen molar-refractivity contribution in [1.82, 2.24) is 4.90 Å². The van der Waals surface area contributed by atoms with Crippen LogP contribution in [0.5, 0.6) is 5.75 Å². The Morgan fingerprint density at radius 1 is 1.32 bits per heavy atom. The monoisotopic (exact) mass is 267 g/mol.